The fourth-order valence-corrected chi connectivity index (χ4v) is 3.63. The molecule has 37 heavy (non-hydrogen) atoms. The zero-order valence-electron chi connectivity index (χ0n) is 19.6. The zero-order chi connectivity index (χ0) is 26.2. The second-order valence-corrected chi connectivity index (χ2v) is 8.24. The molecule has 11 heteroatoms. The molecule has 0 radical (unpaired) electrons. The van der Waals surface area contributed by atoms with Crippen LogP contribution in [0, 0.1) is 6.92 Å². The molecule has 0 aliphatic rings. The maximum atomic E-state index is 13.0. The highest BCUT2D eigenvalue weighted by atomic mass is 19.4. The second kappa shape index (κ2) is 9.34. The van der Waals surface area contributed by atoms with Gasteiger partial charge in [0.1, 0.15) is 11.1 Å². The summed E-state index contributed by atoms with van der Waals surface area (Å²) >= 11 is 0. The number of anilines is 1. The number of amides is 1. The van der Waals surface area contributed by atoms with Crippen molar-refractivity contribution in [2.45, 2.75) is 13.1 Å². The zero-order valence-corrected chi connectivity index (χ0v) is 19.6. The van der Waals surface area contributed by atoms with E-state index in [0.29, 0.717) is 22.6 Å². The molecule has 0 unspecified atom stereocenters. The highest BCUT2D eigenvalue weighted by Gasteiger charge is 2.30. The van der Waals surface area contributed by atoms with Gasteiger partial charge in [-0.2, -0.15) is 23.3 Å². The number of carbonyl (C=O) groups excluding carboxylic acids is 1. The molecule has 186 valence electrons. The van der Waals surface area contributed by atoms with Gasteiger partial charge in [0.25, 0.3) is 5.91 Å². The molecule has 0 fully saturated rings. The number of alkyl halides is 3. The van der Waals surface area contributed by atoms with Crippen molar-refractivity contribution in [3.05, 3.63) is 89.9 Å². The van der Waals surface area contributed by atoms with Gasteiger partial charge in [-0.1, -0.05) is 12.1 Å². The SMILES string of the molecule is Cc1ccc(C(=O)Nc2cccc(C(F)(F)F)c2)cc1Oc1nc(-c2ccncc2)nc2nn(C)cc12. The molecular weight excluding hydrogens is 485 g/mol. The van der Waals surface area contributed by atoms with Crippen LogP contribution in [0.1, 0.15) is 21.5 Å². The minimum atomic E-state index is -4.52. The van der Waals surface area contributed by atoms with Crippen molar-refractivity contribution in [1.29, 1.82) is 0 Å². The molecule has 3 aromatic heterocycles. The van der Waals surface area contributed by atoms with Crippen LogP contribution in [0.3, 0.4) is 0 Å². The van der Waals surface area contributed by atoms with Crippen LogP contribution in [0.2, 0.25) is 0 Å². The first-order valence-corrected chi connectivity index (χ1v) is 11.1. The Labute approximate surface area is 208 Å². The van der Waals surface area contributed by atoms with E-state index in [1.54, 1.807) is 61.5 Å². The van der Waals surface area contributed by atoms with E-state index in [9.17, 15) is 18.0 Å². The number of fused-ring (bicyclic) bond motifs is 1. The average Bonchev–Trinajstić information content (AvgIpc) is 3.26. The maximum absolute atomic E-state index is 13.0. The van der Waals surface area contributed by atoms with Crippen molar-refractivity contribution < 1.29 is 22.7 Å². The Morgan fingerprint density at radius 2 is 1.81 bits per heavy atom. The van der Waals surface area contributed by atoms with Gasteiger partial charge in [0, 0.05) is 42.5 Å². The monoisotopic (exact) mass is 504 g/mol. The average molecular weight is 504 g/mol. The fourth-order valence-electron chi connectivity index (χ4n) is 3.63. The predicted octanol–water partition coefficient (Wildman–Crippen LogP) is 5.80. The molecule has 1 amide bonds. The van der Waals surface area contributed by atoms with Crippen molar-refractivity contribution in [1.82, 2.24) is 24.7 Å². The van der Waals surface area contributed by atoms with Crippen LogP contribution >= 0.6 is 0 Å². The summed E-state index contributed by atoms with van der Waals surface area (Å²) in [5.74, 6) is 0.389. The van der Waals surface area contributed by atoms with E-state index in [1.165, 1.54) is 18.2 Å². The number of hydrogen-bond donors (Lipinski definition) is 1. The molecule has 0 saturated carbocycles. The number of nitrogens with one attached hydrogen (secondary N) is 1. The van der Waals surface area contributed by atoms with Crippen LogP contribution in [0.5, 0.6) is 11.6 Å². The van der Waals surface area contributed by atoms with Crippen LogP contribution in [-0.4, -0.2) is 30.6 Å². The number of carbonyl (C=O) groups is 1. The lowest BCUT2D eigenvalue weighted by atomic mass is 10.1. The van der Waals surface area contributed by atoms with Gasteiger partial charge < -0.3 is 10.1 Å². The number of pyridine rings is 1. The first-order valence-electron chi connectivity index (χ1n) is 11.1. The molecule has 5 aromatic rings. The lowest BCUT2D eigenvalue weighted by Gasteiger charge is -2.13. The first kappa shape index (κ1) is 23.9. The minimum absolute atomic E-state index is 0.0257. The molecule has 1 N–H and O–H groups in total. The van der Waals surface area contributed by atoms with Crippen LogP contribution < -0.4 is 10.1 Å². The van der Waals surface area contributed by atoms with E-state index in [0.717, 1.165) is 23.3 Å². The molecule has 3 heterocycles. The van der Waals surface area contributed by atoms with E-state index in [2.05, 4.69) is 25.4 Å². The summed E-state index contributed by atoms with van der Waals surface area (Å²) in [6, 6.07) is 12.7. The summed E-state index contributed by atoms with van der Waals surface area (Å²) in [6.07, 6.45) is 0.452. The van der Waals surface area contributed by atoms with Gasteiger partial charge in [0.05, 0.1) is 5.56 Å². The summed E-state index contributed by atoms with van der Waals surface area (Å²) in [6.45, 7) is 1.80. The van der Waals surface area contributed by atoms with Crippen molar-refractivity contribution in [3.8, 4) is 23.0 Å². The highest BCUT2D eigenvalue weighted by Crippen LogP contribution is 2.33. The number of aryl methyl sites for hydroxylation is 2. The third-order valence-electron chi connectivity index (χ3n) is 5.50. The first-order chi connectivity index (χ1) is 17.7. The molecule has 0 spiro atoms. The molecular formula is C26H19F3N6O2. The summed E-state index contributed by atoms with van der Waals surface area (Å²) in [7, 11) is 1.75. The smallest absolute Gasteiger partial charge is 0.416 e. The second-order valence-electron chi connectivity index (χ2n) is 8.24. The molecule has 8 nitrogen and oxygen atoms in total. The summed E-state index contributed by atoms with van der Waals surface area (Å²) in [5, 5.41) is 7.44. The summed E-state index contributed by atoms with van der Waals surface area (Å²) in [5.41, 5.74) is 1.24. The summed E-state index contributed by atoms with van der Waals surface area (Å²) < 4.78 is 46.8. The standard InChI is InChI=1S/C26H19F3N6O2/c1-15-6-7-17(24(36)31-19-5-3-4-18(13-19)26(27,28)29)12-21(15)37-25-20-14-35(2)34-23(20)32-22(33-25)16-8-10-30-11-9-16/h3-14H,1-2H3,(H,31,36). The Hall–Kier alpha value is -4.80. The lowest BCUT2D eigenvalue weighted by Crippen LogP contribution is -2.13. The van der Waals surface area contributed by atoms with Crippen molar-refractivity contribution >= 4 is 22.6 Å². The molecule has 0 bridgehead atoms. The summed E-state index contributed by atoms with van der Waals surface area (Å²) in [4.78, 5) is 26.0. The number of aromatic nitrogens is 5. The third-order valence-corrected chi connectivity index (χ3v) is 5.50. The molecule has 5 rings (SSSR count). The molecule has 0 atom stereocenters. The van der Waals surface area contributed by atoms with Crippen molar-refractivity contribution in [3.63, 3.8) is 0 Å². The van der Waals surface area contributed by atoms with E-state index in [4.69, 9.17) is 4.74 Å². The molecule has 2 aromatic carbocycles. The maximum Gasteiger partial charge on any atom is 0.416 e. The number of rotatable bonds is 5. The molecule has 0 aliphatic heterocycles. The van der Waals surface area contributed by atoms with Crippen molar-refractivity contribution in [2.24, 2.45) is 7.05 Å². The normalized spacial score (nSPS) is 11.5. The number of benzene rings is 2. The third kappa shape index (κ3) is 5.10. The lowest BCUT2D eigenvalue weighted by molar-refractivity contribution is -0.137. The van der Waals surface area contributed by atoms with Crippen LogP contribution in [0.15, 0.2) is 73.2 Å². The predicted molar refractivity (Wildman–Crippen MR) is 130 cm³/mol. The van der Waals surface area contributed by atoms with Crippen LogP contribution in [0.25, 0.3) is 22.4 Å². The number of halogens is 3. The molecule has 0 aliphatic carbocycles. The van der Waals surface area contributed by atoms with Gasteiger partial charge in [-0.25, -0.2) is 4.98 Å². The number of hydrogen-bond acceptors (Lipinski definition) is 6. The Balaban J connectivity index is 1.47. The van der Waals surface area contributed by atoms with E-state index in [-0.39, 0.29) is 17.1 Å². The Bertz CT molecular complexity index is 1620. The van der Waals surface area contributed by atoms with Crippen LogP contribution in [0.4, 0.5) is 18.9 Å². The van der Waals surface area contributed by atoms with Crippen LogP contribution in [-0.2, 0) is 13.2 Å². The van der Waals surface area contributed by atoms with E-state index >= 15 is 0 Å². The van der Waals surface area contributed by atoms with E-state index < -0.39 is 17.6 Å². The van der Waals surface area contributed by atoms with Gasteiger partial charge in [-0.15, -0.1) is 0 Å². The van der Waals surface area contributed by atoms with Gasteiger partial charge in [-0.3, -0.25) is 14.5 Å². The van der Waals surface area contributed by atoms with Gasteiger partial charge in [-0.05, 0) is 55.0 Å². The van der Waals surface area contributed by atoms with Gasteiger partial charge in [0.15, 0.2) is 11.5 Å². The number of nitrogens with zero attached hydrogens (tertiary/aromatic N) is 5. The highest BCUT2D eigenvalue weighted by molar-refractivity contribution is 6.04. The quantitative estimate of drug-likeness (QED) is 0.325. The van der Waals surface area contributed by atoms with Gasteiger partial charge >= 0.3 is 6.18 Å². The Kier molecular flexibility index (Phi) is 6.04. The van der Waals surface area contributed by atoms with E-state index in [1.807, 2.05) is 0 Å². The minimum Gasteiger partial charge on any atom is -0.438 e. The van der Waals surface area contributed by atoms with Gasteiger partial charge in [0.2, 0.25) is 5.88 Å². The largest absolute Gasteiger partial charge is 0.438 e. The Morgan fingerprint density at radius 1 is 1.03 bits per heavy atom. The Morgan fingerprint density at radius 3 is 2.57 bits per heavy atom. The van der Waals surface area contributed by atoms with Crippen molar-refractivity contribution in [2.75, 3.05) is 5.32 Å². The fraction of sp³-hybridized carbons (Fsp3) is 0.115. The molecule has 0 saturated heterocycles. The number of ether oxygens (including phenoxy) is 1. The topological polar surface area (TPSA) is 94.8 Å².